The van der Waals surface area contributed by atoms with Crippen LogP contribution in [0.2, 0.25) is 0 Å². The van der Waals surface area contributed by atoms with Gasteiger partial charge in [-0.1, -0.05) is 152 Å². The molecule has 0 spiro atoms. The van der Waals surface area contributed by atoms with E-state index in [0.29, 0.717) is 5.82 Å². The van der Waals surface area contributed by atoms with Crippen LogP contribution in [0.1, 0.15) is 0 Å². The maximum Gasteiger partial charge on any atom is 0.161 e. The summed E-state index contributed by atoms with van der Waals surface area (Å²) >= 11 is 0. The highest BCUT2D eigenvalue weighted by atomic mass is 15.0. The van der Waals surface area contributed by atoms with Gasteiger partial charge in [0.1, 0.15) is 0 Å². The molecule has 9 aromatic carbocycles. The molecule has 3 nitrogen and oxygen atoms in total. The molecule has 2 heterocycles. The quantitative estimate of drug-likeness (QED) is 0.186. The molecule has 0 bridgehead atoms. The largest absolute Gasteiger partial charge is 0.309 e. The van der Waals surface area contributed by atoms with E-state index in [1.807, 2.05) is 0 Å². The van der Waals surface area contributed by atoms with Crippen molar-refractivity contribution >= 4 is 65.0 Å². The number of hydrogen-bond acceptors (Lipinski definition) is 2. The minimum absolute atomic E-state index is 0.716. The van der Waals surface area contributed by atoms with Crippen LogP contribution in [0.4, 0.5) is 0 Å². The lowest BCUT2D eigenvalue weighted by molar-refractivity contribution is 1.19. The Hall–Kier alpha value is -7.10. The molecule has 0 unspecified atom stereocenters. The summed E-state index contributed by atoms with van der Waals surface area (Å²) in [6.45, 7) is 0. The number of hydrogen-bond donors (Lipinski definition) is 0. The lowest BCUT2D eigenvalue weighted by Crippen LogP contribution is -1.99. The average molecular weight is 674 g/mol. The number of para-hydroxylation sites is 1. The first-order valence-corrected chi connectivity index (χ1v) is 18.1. The molecule has 246 valence electrons. The Morgan fingerprint density at radius 3 is 1.79 bits per heavy atom. The first-order valence-electron chi connectivity index (χ1n) is 18.1. The fourth-order valence-corrected chi connectivity index (χ4v) is 8.27. The Kier molecular flexibility index (Phi) is 6.55. The van der Waals surface area contributed by atoms with E-state index < -0.39 is 0 Å². The van der Waals surface area contributed by atoms with E-state index in [1.165, 1.54) is 54.5 Å². The highest BCUT2D eigenvalue weighted by molar-refractivity contribution is 6.23. The highest BCUT2D eigenvalue weighted by Crippen LogP contribution is 2.42. The van der Waals surface area contributed by atoms with E-state index in [2.05, 4.69) is 193 Å². The van der Waals surface area contributed by atoms with Crippen LogP contribution in [-0.2, 0) is 0 Å². The predicted octanol–water partition coefficient (Wildman–Crippen LogP) is 13.2. The van der Waals surface area contributed by atoms with Crippen LogP contribution in [0, 0.1) is 0 Å². The number of benzene rings is 9. The Bertz CT molecular complexity index is 3210. The molecule has 11 rings (SSSR count). The van der Waals surface area contributed by atoms with E-state index in [9.17, 15) is 0 Å². The van der Waals surface area contributed by atoms with Crippen molar-refractivity contribution in [3.8, 4) is 39.5 Å². The minimum Gasteiger partial charge on any atom is -0.309 e. The summed E-state index contributed by atoms with van der Waals surface area (Å²) in [5.74, 6) is 0.716. The SMILES string of the molecule is c1ccc(-c2ccc(-c3nc(-c4ccc(-n5c6cc7ccccc7cc6c6c7ccccc7ccc65)c5ccccc45)nc4ccccc34)cc2)cc1. The zero-order valence-electron chi connectivity index (χ0n) is 28.7. The maximum absolute atomic E-state index is 5.34. The van der Waals surface area contributed by atoms with Crippen molar-refractivity contribution in [2.75, 3.05) is 0 Å². The molecule has 53 heavy (non-hydrogen) atoms. The van der Waals surface area contributed by atoms with E-state index in [1.54, 1.807) is 0 Å². The molecular weight excluding hydrogens is 643 g/mol. The van der Waals surface area contributed by atoms with Gasteiger partial charge < -0.3 is 4.57 Å². The van der Waals surface area contributed by atoms with E-state index in [0.717, 1.165) is 44.2 Å². The number of aromatic nitrogens is 3. The van der Waals surface area contributed by atoms with E-state index >= 15 is 0 Å². The van der Waals surface area contributed by atoms with E-state index in [-0.39, 0.29) is 0 Å². The van der Waals surface area contributed by atoms with Gasteiger partial charge in [0.25, 0.3) is 0 Å². The third kappa shape index (κ3) is 4.68. The van der Waals surface area contributed by atoms with Crippen LogP contribution in [0.5, 0.6) is 0 Å². The smallest absolute Gasteiger partial charge is 0.161 e. The molecule has 0 aliphatic rings. The third-order valence-electron chi connectivity index (χ3n) is 10.8. The molecule has 0 radical (unpaired) electrons. The lowest BCUT2D eigenvalue weighted by atomic mass is 9.99. The van der Waals surface area contributed by atoms with Crippen LogP contribution in [0.25, 0.3) is 104 Å². The second-order valence-electron chi connectivity index (χ2n) is 13.8. The standard InChI is InChI=1S/C50H31N3/c1-2-12-32(13-3-1)33-22-24-35(25-23-33)49-42-20-10-11-21-44(42)51-50(52-49)41-27-29-45(40-19-9-8-18-39(40)41)53-46-28-26-34-14-6-7-17-38(34)48(46)43-30-36-15-4-5-16-37(36)31-47(43)53/h1-31H. The molecule has 0 saturated carbocycles. The van der Waals surface area contributed by atoms with Gasteiger partial charge in [0.2, 0.25) is 0 Å². The molecule has 3 heteroatoms. The average Bonchev–Trinajstić information content (AvgIpc) is 3.55. The number of nitrogens with zero attached hydrogens (tertiary/aromatic N) is 3. The second kappa shape index (κ2) is 11.7. The van der Waals surface area contributed by atoms with Crippen LogP contribution in [0.3, 0.4) is 0 Å². The zero-order chi connectivity index (χ0) is 34.9. The van der Waals surface area contributed by atoms with Gasteiger partial charge in [-0.25, -0.2) is 9.97 Å². The topological polar surface area (TPSA) is 30.7 Å². The first-order chi connectivity index (χ1) is 26.3. The van der Waals surface area contributed by atoms with Crippen molar-refractivity contribution < 1.29 is 0 Å². The monoisotopic (exact) mass is 673 g/mol. The van der Waals surface area contributed by atoms with Crippen molar-refractivity contribution in [3.05, 3.63) is 188 Å². The second-order valence-corrected chi connectivity index (χ2v) is 13.8. The summed E-state index contributed by atoms with van der Waals surface area (Å²) in [6.07, 6.45) is 0. The molecule has 0 N–H and O–H groups in total. The van der Waals surface area contributed by atoms with Crippen molar-refractivity contribution in [1.29, 1.82) is 0 Å². The van der Waals surface area contributed by atoms with Crippen molar-refractivity contribution in [2.45, 2.75) is 0 Å². The van der Waals surface area contributed by atoms with Crippen molar-refractivity contribution in [2.24, 2.45) is 0 Å². The van der Waals surface area contributed by atoms with Gasteiger partial charge >= 0.3 is 0 Å². The summed E-state index contributed by atoms with van der Waals surface area (Å²) in [5.41, 5.74) is 9.82. The van der Waals surface area contributed by atoms with Crippen LogP contribution in [-0.4, -0.2) is 14.5 Å². The van der Waals surface area contributed by atoms with Crippen LogP contribution < -0.4 is 0 Å². The molecule has 0 fully saturated rings. The molecule has 2 aromatic heterocycles. The van der Waals surface area contributed by atoms with Crippen molar-refractivity contribution in [3.63, 3.8) is 0 Å². The van der Waals surface area contributed by atoms with Gasteiger partial charge in [-0.3, -0.25) is 0 Å². The molecule has 0 amide bonds. The van der Waals surface area contributed by atoms with Gasteiger partial charge in [0.05, 0.1) is 27.9 Å². The number of rotatable bonds is 4. The molecule has 0 aliphatic heterocycles. The molecule has 0 aliphatic carbocycles. The van der Waals surface area contributed by atoms with Gasteiger partial charge in [-0.05, 0) is 74.5 Å². The van der Waals surface area contributed by atoms with Gasteiger partial charge in [0.15, 0.2) is 5.82 Å². The molecule has 0 saturated heterocycles. The van der Waals surface area contributed by atoms with Gasteiger partial charge in [-0.2, -0.15) is 0 Å². The highest BCUT2D eigenvalue weighted by Gasteiger charge is 2.20. The Morgan fingerprint density at radius 1 is 0.358 bits per heavy atom. The predicted molar refractivity (Wildman–Crippen MR) is 223 cm³/mol. The Labute approximate surface area is 306 Å². The van der Waals surface area contributed by atoms with Crippen molar-refractivity contribution in [1.82, 2.24) is 14.5 Å². The summed E-state index contributed by atoms with van der Waals surface area (Å²) in [7, 11) is 0. The fraction of sp³-hybridized carbons (Fsp3) is 0. The number of fused-ring (bicyclic) bond motifs is 8. The van der Waals surface area contributed by atoms with Gasteiger partial charge in [-0.15, -0.1) is 0 Å². The summed E-state index contributed by atoms with van der Waals surface area (Å²) in [4.78, 5) is 10.5. The lowest BCUT2D eigenvalue weighted by Gasteiger charge is -2.16. The first kappa shape index (κ1) is 29.6. The molecule has 11 aromatic rings. The summed E-state index contributed by atoms with van der Waals surface area (Å²) in [6, 6.07) is 67.4. The van der Waals surface area contributed by atoms with E-state index in [4.69, 9.17) is 9.97 Å². The Morgan fingerprint density at radius 2 is 0.981 bits per heavy atom. The van der Waals surface area contributed by atoms with Gasteiger partial charge in [0, 0.05) is 32.7 Å². The molecule has 0 atom stereocenters. The van der Waals surface area contributed by atoms with Crippen LogP contribution in [0.15, 0.2) is 188 Å². The molecular formula is C50H31N3. The summed E-state index contributed by atoms with van der Waals surface area (Å²) in [5, 5.41) is 10.8. The zero-order valence-corrected chi connectivity index (χ0v) is 28.7. The maximum atomic E-state index is 5.34. The normalized spacial score (nSPS) is 11.8. The fourth-order valence-electron chi connectivity index (χ4n) is 8.27. The minimum atomic E-state index is 0.716. The Balaban J connectivity index is 1.14. The third-order valence-corrected chi connectivity index (χ3v) is 10.8. The summed E-state index contributed by atoms with van der Waals surface area (Å²) < 4.78 is 2.45. The van der Waals surface area contributed by atoms with Crippen LogP contribution >= 0.6 is 0 Å².